The number of rotatable bonds is 2. The van der Waals surface area contributed by atoms with Crippen molar-refractivity contribution in [3.8, 4) is 11.3 Å². The average molecular weight is 269 g/mol. The molecule has 2 heterocycles. The topological polar surface area (TPSA) is 47.0 Å². The van der Waals surface area contributed by atoms with Crippen LogP contribution in [0, 0.1) is 13.8 Å². The van der Waals surface area contributed by atoms with Crippen LogP contribution in [0.4, 0.5) is 0 Å². The molecular weight excluding hydrogens is 250 g/mol. The molecule has 1 unspecified atom stereocenters. The highest BCUT2D eigenvalue weighted by atomic mass is 16.5. The lowest BCUT2D eigenvalue weighted by atomic mass is 10.0. The van der Waals surface area contributed by atoms with E-state index in [1.807, 2.05) is 12.3 Å². The highest BCUT2D eigenvalue weighted by Crippen LogP contribution is 2.22. The van der Waals surface area contributed by atoms with Gasteiger partial charge in [0.05, 0.1) is 12.3 Å². The monoisotopic (exact) mass is 269 g/mol. The summed E-state index contributed by atoms with van der Waals surface area (Å²) in [7, 11) is 0. The van der Waals surface area contributed by atoms with Gasteiger partial charge in [-0.2, -0.15) is 0 Å². The lowest BCUT2D eigenvalue weighted by Crippen LogP contribution is -2.34. The number of morpholine rings is 1. The Balaban J connectivity index is 1.91. The summed E-state index contributed by atoms with van der Waals surface area (Å²) in [5.41, 5.74) is 4.65. The van der Waals surface area contributed by atoms with Gasteiger partial charge in [0.1, 0.15) is 6.10 Å². The minimum absolute atomic E-state index is 0.0461. The second-order valence-electron chi connectivity index (χ2n) is 5.16. The van der Waals surface area contributed by atoms with Crippen molar-refractivity contribution < 1.29 is 4.74 Å². The van der Waals surface area contributed by atoms with Gasteiger partial charge in [0.2, 0.25) is 0 Å². The van der Waals surface area contributed by atoms with Crippen LogP contribution < -0.4 is 5.32 Å². The second kappa shape index (κ2) is 5.69. The summed E-state index contributed by atoms with van der Waals surface area (Å²) >= 11 is 0. The summed E-state index contributed by atoms with van der Waals surface area (Å²) in [6.45, 7) is 6.62. The predicted octanol–water partition coefficient (Wildman–Crippen LogP) is 2.42. The van der Waals surface area contributed by atoms with E-state index in [0.717, 1.165) is 30.2 Å². The van der Waals surface area contributed by atoms with Crippen molar-refractivity contribution in [2.75, 3.05) is 19.7 Å². The molecule has 0 radical (unpaired) electrons. The van der Waals surface area contributed by atoms with E-state index in [4.69, 9.17) is 4.74 Å². The number of ether oxygens (including phenoxy) is 1. The van der Waals surface area contributed by atoms with Gasteiger partial charge < -0.3 is 10.1 Å². The first kappa shape index (κ1) is 13.2. The highest BCUT2D eigenvalue weighted by Gasteiger charge is 2.18. The Morgan fingerprint density at radius 2 is 2.10 bits per heavy atom. The zero-order chi connectivity index (χ0) is 13.9. The van der Waals surface area contributed by atoms with Crippen LogP contribution in [0.25, 0.3) is 11.3 Å². The Kier molecular flexibility index (Phi) is 3.76. The van der Waals surface area contributed by atoms with Crippen molar-refractivity contribution in [1.82, 2.24) is 15.3 Å². The van der Waals surface area contributed by atoms with Crippen molar-refractivity contribution in [3.05, 3.63) is 47.4 Å². The fourth-order valence-corrected chi connectivity index (χ4v) is 2.32. The second-order valence-corrected chi connectivity index (χ2v) is 5.16. The van der Waals surface area contributed by atoms with E-state index in [0.29, 0.717) is 6.61 Å². The van der Waals surface area contributed by atoms with Gasteiger partial charge in [-0.05, 0) is 37.1 Å². The third-order valence-electron chi connectivity index (χ3n) is 3.69. The molecule has 1 saturated heterocycles. The molecule has 3 rings (SSSR count). The number of nitrogens with zero attached hydrogens (tertiary/aromatic N) is 2. The minimum Gasteiger partial charge on any atom is -0.368 e. The summed E-state index contributed by atoms with van der Waals surface area (Å²) in [4.78, 5) is 9.01. The summed E-state index contributed by atoms with van der Waals surface area (Å²) < 4.78 is 5.71. The van der Waals surface area contributed by atoms with Crippen LogP contribution in [0.2, 0.25) is 0 Å². The fraction of sp³-hybridized carbons (Fsp3) is 0.375. The molecule has 1 aromatic carbocycles. The van der Waals surface area contributed by atoms with Gasteiger partial charge in [0.25, 0.3) is 0 Å². The molecule has 1 atom stereocenters. The van der Waals surface area contributed by atoms with Crippen LogP contribution >= 0.6 is 0 Å². The standard InChI is InChI=1S/C16H19N3O/c1-11-3-4-13(9-12(11)2)14-5-6-18-16(19-14)15-10-17-7-8-20-15/h3-6,9,15,17H,7-8,10H2,1-2H3. The Morgan fingerprint density at radius 1 is 1.20 bits per heavy atom. The molecule has 1 aliphatic rings. The molecule has 20 heavy (non-hydrogen) atoms. The van der Waals surface area contributed by atoms with E-state index in [2.05, 4.69) is 47.3 Å². The minimum atomic E-state index is -0.0461. The summed E-state index contributed by atoms with van der Waals surface area (Å²) in [6.07, 6.45) is 1.76. The van der Waals surface area contributed by atoms with E-state index >= 15 is 0 Å². The van der Waals surface area contributed by atoms with Gasteiger partial charge in [0.15, 0.2) is 5.82 Å². The third kappa shape index (κ3) is 2.71. The molecule has 1 aromatic heterocycles. The van der Waals surface area contributed by atoms with Crippen molar-refractivity contribution in [3.63, 3.8) is 0 Å². The van der Waals surface area contributed by atoms with Crippen LogP contribution in [0.3, 0.4) is 0 Å². The number of nitrogens with one attached hydrogen (secondary N) is 1. The van der Waals surface area contributed by atoms with Gasteiger partial charge in [-0.1, -0.05) is 12.1 Å². The maximum Gasteiger partial charge on any atom is 0.159 e. The molecule has 0 amide bonds. The average Bonchev–Trinajstić information content (AvgIpc) is 2.51. The van der Waals surface area contributed by atoms with Crippen LogP contribution in [0.1, 0.15) is 23.1 Å². The molecule has 4 heteroatoms. The Morgan fingerprint density at radius 3 is 2.85 bits per heavy atom. The van der Waals surface area contributed by atoms with Gasteiger partial charge in [0, 0.05) is 24.8 Å². The molecule has 0 saturated carbocycles. The number of aryl methyl sites for hydroxylation is 2. The number of hydrogen-bond donors (Lipinski definition) is 1. The van der Waals surface area contributed by atoms with Crippen LogP contribution in [-0.2, 0) is 4.74 Å². The van der Waals surface area contributed by atoms with Crippen molar-refractivity contribution >= 4 is 0 Å². The van der Waals surface area contributed by atoms with Crippen LogP contribution in [0.5, 0.6) is 0 Å². The van der Waals surface area contributed by atoms with Crippen LogP contribution in [-0.4, -0.2) is 29.7 Å². The maximum absolute atomic E-state index is 5.71. The summed E-state index contributed by atoms with van der Waals surface area (Å²) in [5, 5.41) is 3.30. The fourth-order valence-electron chi connectivity index (χ4n) is 2.32. The van der Waals surface area contributed by atoms with E-state index in [1.165, 1.54) is 11.1 Å². The molecule has 0 aliphatic carbocycles. The Hall–Kier alpha value is -1.78. The molecule has 1 N–H and O–H groups in total. The largest absolute Gasteiger partial charge is 0.368 e. The third-order valence-corrected chi connectivity index (χ3v) is 3.69. The van der Waals surface area contributed by atoms with E-state index in [-0.39, 0.29) is 6.10 Å². The van der Waals surface area contributed by atoms with Crippen molar-refractivity contribution in [1.29, 1.82) is 0 Å². The molecule has 104 valence electrons. The van der Waals surface area contributed by atoms with Crippen LogP contribution in [0.15, 0.2) is 30.5 Å². The number of hydrogen-bond acceptors (Lipinski definition) is 4. The van der Waals surface area contributed by atoms with Crippen molar-refractivity contribution in [2.24, 2.45) is 0 Å². The number of aromatic nitrogens is 2. The maximum atomic E-state index is 5.71. The lowest BCUT2D eigenvalue weighted by Gasteiger charge is -2.22. The summed E-state index contributed by atoms with van der Waals surface area (Å²) in [6, 6.07) is 8.35. The first-order chi connectivity index (χ1) is 9.74. The Bertz CT molecular complexity index is 606. The first-order valence-corrected chi connectivity index (χ1v) is 6.97. The summed E-state index contributed by atoms with van der Waals surface area (Å²) in [5.74, 6) is 0.757. The smallest absolute Gasteiger partial charge is 0.159 e. The molecule has 1 fully saturated rings. The van der Waals surface area contributed by atoms with E-state index in [1.54, 1.807) is 0 Å². The predicted molar refractivity (Wildman–Crippen MR) is 78.5 cm³/mol. The quantitative estimate of drug-likeness (QED) is 0.909. The Labute approximate surface area is 119 Å². The molecule has 4 nitrogen and oxygen atoms in total. The number of benzene rings is 1. The lowest BCUT2D eigenvalue weighted by molar-refractivity contribution is 0.0222. The zero-order valence-electron chi connectivity index (χ0n) is 11.9. The van der Waals surface area contributed by atoms with Gasteiger partial charge in [-0.3, -0.25) is 0 Å². The zero-order valence-corrected chi connectivity index (χ0v) is 11.9. The molecule has 0 spiro atoms. The van der Waals surface area contributed by atoms with Crippen molar-refractivity contribution in [2.45, 2.75) is 20.0 Å². The van der Waals surface area contributed by atoms with Gasteiger partial charge in [-0.15, -0.1) is 0 Å². The molecule has 1 aliphatic heterocycles. The van der Waals surface area contributed by atoms with Gasteiger partial charge >= 0.3 is 0 Å². The molecular formula is C16H19N3O. The van der Waals surface area contributed by atoms with E-state index in [9.17, 15) is 0 Å². The first-order valence-electron chi connectivity index (χ1n) is 6.97. The highest BCUT2D eigenvalue weighted by molar-refractivity contribution is 5.60. The molecule has 0 bridgehead atoms. The normalized spacial score (nSPS) is 19.0. The van der Waals surface area contributed by atoms with E-state index < -0.39 is 0 Å². The molecule has 2 aromatic rings. The van der Waals surface area contributed by atoms with Gasteiger partial charge in [-0.25, -0.2) is 9.97 Å². The SMILES string of the molecule is Cc1ccc(-c2ccnc(C3CNCCO3)n2)cc1C.